The normalized spacial score (nSPS) is 16.2. The molecule has 0 saturated carbocycles. The molecule has 10 heteroatoms. The lowest BCUT2D eigenvalue weighted by Crippen LogP contribution is -2.39. The van der Waals surface area contributed by atoms with E-state index >= 15 is 0 Å². The van der Waals surface area contributed by atoms with Crippen molar-refractivity contribution in [2.24, 2.45) is 4.99 Å². The molecule has 2 aromatic heterocycles. The number of hydrogen-bond acceptors (Lipinski definition) is 7. The van der Waals surface area contributed by atoms with E-state index in [1.54, 1.807) is 32.0 Å². The monoisotopic (exact) mass is 476 g/mol. The summed E-state index contributed by atoms with van der Waals surface area (Å²) in [6, 6.07) is 9.23. The van der Waals surface area contributed by atoms with Crippen molar-refractivity contribution >= 4 is 34.7 Å². The molecular weight excluding hydrogens is 458 g/mol. The highest BCUT2D eigenvalue weighted by molar-refractivity contribution is 7.10. The molecule has 4 rings (SSSR count). The number of carbonyl (C=O) groups is 1. The molecule has 3 heterocycles. The van der Waals surface area contributed by atoms with Crippen molar-refractivity contribution in [1.82, 2.24) is 4.57 Å². The van der Waals surface area contributed by atoms with Gasteiger partial charge in [0.15, 0.2) is 4.80 Å². The molecule has 0 fully saturated rings. The maximum atomic E-state index is 13.4. The van der Waals surface area contributed by atoms with E-state index in [0.717, 1.165) is 16.2 Å². The summed E-state index contributed by atoms with van der Waals surface area (Å²) < 4.78 is 37.1. The summed E-state index contributed by atoms with van der Waals surface area (Å²) in [6.07, 6.45) is 1.50. The molecule has 6 nitrogen and oxygen atoms in total. The number of fused-ring (bicyclic) bond motifs is 1. The molecule has 0 amide bonds. The second-order valence-electron chi connectivity index (χ2n) is 6.73. The lowest BCUT2D eigenvalue weighted by atomic mass is 10.0. The van der Waals surface area contributed by atoms with Crippen LogP contribution in [0.25, 0.3) is 6.08 Å². The molecule has 1 aliphatic heterocycles. The Hall–Kier alpha value is -3.11. The van der Waals surface area contributed by atoms with Crippen molar-refractivity contribution in [3.8, 4) is 5.75 Å². The zero-order chi connectivity index (χ0) is 22.8. The molecule has 1 atom stereocenters. The predicted octanol–water partition coefficient (Wildman–Crippen LogP) is 3.46. The Morgan fingerprint density at radius 1 is 1.28 bits per heavy atom. The van der Waals surface area contributed by atoms with Gasteiger partial charge in [-0.2, -0.15) is 8.78 Å². The number of allylic oxidation sites excluding steroid dienone is 1. The van der Waals surface area contributed by atoms with Crippen LogP contribution in [-0.2, 0) is 9.53 Å². The van der Waals surface area contributed by atoms with Gasteiger partial charge in [-0.15, -0.1) is 11.3 Å². The highest BCUT2D eigenvalue weighted by Crippen LogP contribution is 2.33. The van der Waals surface area contributed by atoms with E-state index < -0.39 is 18.6 Å². The van der Waals surface area contributed by atoms with Crippen molar-refractivity contribution in [3.05, 3.63) is 83.2 Å². The topological polar surface area (TPSA) is 69.9 Å². The Kier molecular flexibility index (Phi) is 6.33. The van der Waals surface area contributed by atoms with Gasteiger partial charge in [0.2, 0.25) is 0 Å². The van der Waals surface area contributed by atoms with Gasteiger partial charge >= 0.3 is 12.6 Å². The summed E-state index contributed by atoms with van der Waals surface area (Å²) in [5.74, 6) is -0.566. The van der Waals surface area contributed by atoms with Gasteiger partial charge in [-0.3, -0.25) is 9.36 Å². The Balaban J connectivity index is 1.91. The van der Waals surface area contributed by atoms with Crippen LogP contribution in [0.1, 0.15) is 30.3 Å². The molecule has 0 aliphatic carbocycles. The summed E-state index contributed by atoms with van der Waals surface area (Å²) in [6.45, 7) is 0.620. The molecule has 0 bridgehead atoms. The van der Waals surface area contributed by atoms with Gasteiger partial charge < -0.3 is 9.47 Å². The zero-order valence-electron chi connectivity index (χ0n) is 17.1. The van der Waals surface area contributed by atoms with Crippen molar-refractivity contribution < 1.29 is 23.0 Å². The number of carbonyl (C=O) groups excluding carboxylic acids is 1. The van der Waals surface area contributed by atoms with E-state index in [0.29, 0.717) is 21.6 Å². The molecule has 0 saturated heterocycles. The molecule has 3 aromatic rings. The van der Waals surface area contributed by atoms with Crippen molar-refractivity contribution in [1.29, 1.82) is 0 Å². The first-order valence-corrected chi connectivity index (χ1v) is 11.4. The Bertz CT molecular complexity index is 1360. The highest BCUT2D eigenvalue weighted by atomic mass is 32.1. The number of hydrogen-bond donors (Lipinski definition) is 0. The van der Waals surface area contributed by atoms with E-state index in [9.17, 15) is 18.4 Å². The number of halogens is 2. The molecule has 1 unspecified atom stereocenters. The fraction of sp³-hybridized carbons (Fsp3) is 0.227. The van der Waals surface area contributed by atoms with Crippen LogP contribution >= 0.6 is 22.7 Å². The smallest absolute Gasteiger partial charge is 0.387 e. The number of thiazole rings is 1. The van der Waals surface area contributed by atoms with Gasteiger partial charge in [0.1, 0.15) is 11.8 Å². The average Bonchev–Trinajstić information content (AvgIpc) is 3.37. The minimum absolute atomic E-state index is 0.0356. The average molecular weight is 477 g/mol. The maximum Gasteiger partial charge on any atom is 0.387 e. The predicted molar refractivity (Wildman–Crippen MR) is 118 cm³/mol. The van der Waals surface area contributed by atoms with Crippen LogP contribution in [0.2, 0.25) is 0 Å². The van der Waals surface area contributed by atoms with Crippen LogP contribution in [0.5, 0.6) is 5.75 Å². The van der Waals surface area contributed by atoms with Crippen LogP contribution in [-0.4, -0.2) is 23.8 Å². The molecule has 0 radical (unpaired) electrons. The third-order valence-electron chi connectivity index (χ3n) is 4.75. The van der Waals surface area contributed by atoms with Gasteiger partial charge in [-0.05, 0) is 37.4 Å². The number of para-hydroxylation sites is 1. The van der Waals surface area contributed by atoms with Crippen LogP contribution in [0, 0.1) is 0 Å². The van der Waals surface area contributed by atoms with Gasteiger partial charge in [0, 0.05) is 10.4 Å². The van der Waals surface area contributed by atoms with E-state index in [-0.39, 0.29) is 22.4 Å². The minimum Gasteiger partial charge on any atom is -0.463 e. The van der Waals surface area contributed by atoms with Gasteiger partial charge in [0.05, 0.1) is 22.4 Å². The molecule has 0 N–H and O–H groups in total. The quantitative estimate of drug-likeness (QED) is 0.511. The van der Waals surface area contributed by atoms with Crippen molar-refractivity contribution in [2.45, 2.75) is 26.5 Å². The second-order valence-corrected chi connectivity index (χ2v) is 8.72. The largest absolute Gasteiger partial charge is 0.463 e. The van der Waals surface area contributed by atoms with E-state index in [1.807, 2.05) is 17.5 Å². The summed E-state index contributed by atoms with van der Waals surface area (Å²) in [4.78, 5) is 31.8. The number of rotatable bonds is 6. The molecular formula is C22H18F2N2O4S2. The van der Waals surface area contributed by atoms with Crippen LogP contribution in [0.15, 0.2) is 62.8 Å². The Morgan fingerprint density at radius 3 is 2.75 bits per heavy atom. The standard InChI is InChI=1S/C22H18F2N2O4S2/c1-3-29-20(28)17-12(2)25-22-26(18(17)15-9-6-10-31-15)19(27)16(32-22)11-13-7-4-5-8-14(13)30-21(23)24/h4-11,18,21H,3H2,1-2H3. The van der Waals surface area contributed by atoms with Gasteiger partial charge in [-0.25, -0.2) is 9.79 Å². The maximum absolute atomic E-state index is 13.4. The zero-order valence-corrected chi connectivity index (χ0v) is 18.7. The number of benzene rings is 1. The minimum atomic E-state index is -2.99. The second kappa shape index (κ2) is 9.17. The lowest BCUT2D eigenvalue weighted by molar-refractivity contribution is -0.139. The fourth-order valence-electron chi connectivity index (χ4n) is 3.45. The molecule has 1 aromatic carbocycles. The third kappa shape index (κ3) is 4.15. The Labute approximate surface area is 189 Å². The first-order valence-electron chi connectivity index (χ1n) is 9.67. The first kappa shape index (κ1) is 22.1. The number of aromatic nitrogens is 1. The summed E-state index contributed by atoms with van der Waals surface area (Å²) in [7, 11) is 0. The van der Waals surface area contributed by atoms with Crippen LogP contribution < -0.4 is 19.6 Å². The molecule has 32 heavy (non-hydrogen) atoms. The lowest BCUT2D eigenvalue weighted by Gasteiger charge is -2.23. The molecule has 166 valence electrons. The molecule has 0 spiro atoms. The summed E-state index contributed by atoms with van der Waals surface area (Å²) in [5.41, 5.74) is 0.728. The van der Waals surface area contributed by atoms with E-state index in [4.69, 9.17) is 4.74 Å². The number of thiophene rings is 1. The summed E-state index contributed by atoms with van der Waals surface area (Å²) in [5, 5.41) is 1.86. The Morgan fingerprint density at radius 2 is 2.06 bits per heavy atom. The van der Waals surface area contributed by atoms with Crippen LogP contribution in [0.4, 0.5) is 8.78 Å². The van der Waals surface area contributed by atoms with Gasteiger partial charge in [0.25, 0.3) is 5.56 Å². The number of esters is 1. The van der Waals surface area contributed by atoms with E-state index in [2.05, 4.69) is 9.73 Å². The number of alkyl halides is 2. The first-order chi connectivity index (χ1) is 15.4. The highest BCUT2D eigenvalue weighted by Gasteiger charge is 2.33. The fourth-order valence-corrected chi connectivity index (χ4v) is 5.31. The van der Waals surface area contributed by atoms with E-state index in [1.165, 1.54) is 28.0 Å². The van der Waals surface area contributed by atoms with Gasteiger partial charge in [-0.1, -0.05) is 35.6 Å². The van der Waals surface area contributed by atoms with Crippen molar-refractivity contribution in [3.63, 3.8) is 0 Å². The number of nitrogens with zero attached hydrogens (tertiary/aromatic N) is 2. The molecule has 1 aliphatic rings. The van der Waals surface area contributed by atoms with Crippen molar-refractivity contribution in [2.75, 3.05) is 6.61 Å². The third-order valence-corrected chi connectivity index (χ3v) is 6.66. The van der Waals surface area contributed by atoms with Crippen LogP contribution in [0.3, 0.4) is 0 Å². The summed E-state index contributed by atoms with van der Waals surface area (Å²) >= 11 is 2.53. The number of ether oxygens (including phenoxy) is 2. The SMILES string of the molecule is CCOC(=O)C1=C(C)N=c2sc(=Cc3ccccc3OC(F)F)c(=O)n2C1c1cccs1.